The summed E-state index contributed by atoms with van der Waals surface area (Å²) in [6, 6.07) is 16.4. The summed E-state index contributed by atoms with van der Waals surface area (Å²) in [6.07, 6.45) is 0.488. The SMILES string of the molecule is NC(COCc1ccccc1)Cc1ccccc1F. The highest BCUT2D eigenvalue weighted by atomic mass is 19.1. The lowest BCUT2D eigenvalue weighted by Gasteiger charge is -2.12. The number of hydrogen-bond donors (Lipinski definition) is 1. The van der Waals surface area contributed by atoms with Crippen molar-refractivity contribution in [2.75, 3.05) is 6.61 Å². The predicted molar refractivity (Wildman–Crippen MR) is 74.2 cm³/mol. The topological polar surface area (TPSA) is 35.2 Å². The molecule has 0 bridgehead atoms. The maximum Gasteiger partial charge on any atom is 0.126 e. The molecule has 0 aliphatic carbocycles. The highest BCUT2D eigenvalue weighted by Gasteiger charge is 2.08. The minimum atomic E-state index is -0.207. The van der Waals surface area contributed by atoms with Crippen molar-refractivity contribution in [1.82, 2.24) is 0 Å². The summed E-state index contributed by atoms with van der Waals surface area (Å²) in [7, 11) is 0. The van der Waals surface area contributed by atoms with E-state index in [4.69, 9.17) is 10.5 Å². The quantitative estimate of drug-likeness (QED) is 0.865. The Hall–Kier alpha value is -1.71. The van der Waals surface area contributed by atoms with Crippen LogP contribution in [0.4, 0.5) is 4.39 Å². The number of rotatable bonds is 6. The molecule has 1 atom stereocenters. The molecule has 0 saturated heterocycles. The van der Waals surface area contributed by atoms with Crippen molar-refractivity contribution >= 4 is 0 Å². The number of halogens is 1. The minimum Gasteiger partial charge on any atom is -0.375 e. The molecule has 2 aromatic rings. The summed E-state index contributed by atoms with van der Waals surface area (Å²) >= 11 is 0. The molecule has 2 rings (SSSR count). The molecule has 0 heterocycles. The number of hydrogen-bond acceptors (Lipinski definition) is 2. The summed E-state index contributed by atoms with van der Waals surface area (Å²) in [6.45, 7) is 0.953. The fourth-order valence-corrected chi connectivity index (χ4v) is 1.91. The first-order valence-corrected chi connectivity index (χ1v) is 6.36. The van der Waals surface area contributed by atoms with Crippen LogP contribution in [0.3, 0.4) is 0 Å². The van der Waals surface area contributed by atoms with E-state index >= 15 is 0 Å². The second kappa shape index (κ2) is 7.02. The van der Waals surface area contributed by atoms with E-state index < -0.39 is 0 Å². The average molecular weight is 259 g/mol. The van der Waals surface area contributed by atoms with E-state index in [0.29, 0.717) is 25.2 Å². The normalized spacial score (nSPS) is 12.3. The largest absolute Gasteiger partial charge is 0.375 e. The third-order valence-electron chi connectivity index (χ3n) is 2.88. The zero-order chi connectivity index (χ0) is 13.5. The second-order valence-corrected chi connectivity index (χ2v) is 4.56. The first-order chi connectivity index (χ1) is 9.25. The summed E-state index contributed by atoms with van der Waals surface area (Å²) < 4.78 is 19.0. The molecule has 3 heteroatoms. The lowest BCUT2D eigenvalue weighted by atomic mass is 10.1. The van der Waals surface area contributed by atoms with Gasteiger partial charge < -0.3 is 10.5 Å². The van der Waals surface area contributed by atoms with E-state index in [1.54, 1.807) is 12.1 Å². The molecule has 0 saturated carbocycles. The van der Waals surface area contributed by atoms with E-state index in [-0.39, 0.29) is 11.9 Å². The lowest BCUT2D eigenvalue weighted by Crippen LogP contribution is -2.29. The molecule has 100 valence electrons. The fraction of sp³-hybridized carbons (Fsp3) is 0.250. The molecule has 0 radical (unpaired) electrons. The Kier molecular flexibility index (Phi) is 5.07. The summed E-state index contributed by atoms with van der Waals surface area (Å²) in [5.74, 6) is -0.207. The first kappa shape index (κ1) is 13.7. The monoisotopic (exact) mass is 259 g/mol. The highest BCUT2D eigenvalue weighted by Crippen LogP contribution is 2.09. The zero-order valence-corrected chi connectivity index (χ0v) is 10.8. The van der Waals surface area contributed by atoms with Crippen LogP contribution < -0.4 is 5.73 Å². The molecule has 0 spiro atoms. The average Bonchev–Trinajstić information content (AvgIpc) is 2.43. The van der Waals surface area contributed by atoms with Gasteiger partial charge in [0.05, 0.1) is 13.2 Å². The molecular formula is C16H18FNO. The van der Waals surface area contributed by atoms with Gasteiger partial charge in [-0.15, -0.1) is 0 Å². The van der Waals surface area contributed by atoms with Crippen LogP contribution in [0, 0.1) is 5.82 Å². The number of benzene rings is 2. The fourth-order valence-electron chi connectivity index (χ4n) is 1.91. The van der Waals surface area contributed by atoms with E-state index in [9.17, 15) is 4.39 Å². The third-order valence-corrected chi connectivity index (χ3v) is 2.88. The molecule has 19 heavy (non-hydrogen) atoms. The van der Waals surface area contributed by atoms with Crippen molar-refractivity contribution in [3.63, 3.8) is 0 Å². The molecule has 2 N–H and O–H groups in total. The third kappa shape index (κ3) is 4.47. The van der Waals surface area contributed by atoms with Gasteiger partial charge in [0.15, 0.2) is 0 Å². The van der Waals surface area contributed by atoms with Gasteiger partial charge in [-0.1, -0.05) is 48.5 Å². The highest BCUT2D eigenvalue weighted by molar-refractivity contribution is 5.18. The molecule has 2 nitrogen and oxygen atoms in total. The van der Waals surface area contributed by atoms with E-state index in [1.807, 2.05) is 36.4 Å². The Bertz CT molecular complexity index is 501. The Balaban J connectivity index is 1.76. The zero-order valence-electron chi connectivity index (χ0n) is 10.8. The van der Waals surface area contributed by atoms with Gasteiger partial charge in [-0.25, -0.2) is 4.39 Å². The number of ether oxygens (including phenoxy) is 1. The van der Waals surface area contributed by atoms with E-state index in [0.717, 1.165) is 5.56 Å². The standard InChI is InChI=1S/C16H18FNO/c17-16-9-5-4-8-14(16)10-15(18)12-19-11-13-6-2-1-3-7-13/h1-9,15H,10-12,18H2. The summed E-state index contributed by atoms with van der Waals surface area (Å²) in [5, 5.41) is 0. The number of nitrogens with two attached hydrogens (primary N) is 1. The summed E-state index contributed by atoms with van der Waals surface area (Å²) in [5.41, 5.74) is 7.70. The molecule has 0 fully saturated rings. The van der Waals surface area contributed by atoms with Crippen molar-refractivity contribution in [3.8, 4) is 0 Å². The van der Waals surface area contributed by atoms with Crippen LogP contribution in [0.2, 0.25) is 0 Å². The maximum absolute atomic E-state index is 13.4. The van der Waals surface area contributed by atoms with Gasteiger partial charge in [0.25, 0.3) is 0 Å². The second-order valence-electron chi connectivity index (χ2n) is 4.56. The van der Waals surface area contributed by atoms with Crippen LogP contribution in [0.25, 0.3) is 0 Å². The molecule has 0 aromatic heterocycles. The Morgan fingerprint density at radius 2 is 1.68 bits per heavy atom. The van der Waals surface area contributed by atoms with Gasteiger partial charge in [-0.05, 0) is 23.6 Å². The van der Waals surface area contributed by atoms with E-state index in [1.165, 1.54) is 6.07 Å². The van der Waals surface area contributed by atoms with Crippen LogP contribution in [0.15, 0.2) is 54.6 Å². The van der Waals surface area contributed by atoms with Crippen molar-refractivity contribution in [2.45, 2.75) is 19.1 Å². The Labute approximate surface area is 113 Å². The van der Waals surface area contributed by atoms with Crippen LogP contribution in [-0.2, 0) is 17.8 Å². The van der Waals surface area contributed by atoms with Crippen LogP contribution in [-0.4, -0.2) is 12.6 Å². The van der Waals surface area contributed by atoms with Gasteiger partial charge in [-0.3, -0.25) is 0 Å². The van der Waals surface area contributed by atoms with Gasteiger partial charge in [0.2, 0.25) is 0 Å². The van der Waals surface area contributed by atoms with E-state index in [2.05, 4.69) is 0 Å². The minimum absolute atomic E-state index is 0.194. The van der Waals surface area contributed by atoms with Crippen LogP contribution in [0.1, 0.15) is 11.1 Å². The maximum atomic E-state index is 13.4. The van der Waals surface area contributed by atoms with Gasteiger partial charge in [-0.2, -0.15) is 0 Å². The molecule has 1 unspecified atom stereocenters. The van der Waals surface area contributed by atoms with Crippen molar-refractivity contribution in [3.05, 3.63) is 71.5 Å². The molecule has 0 aliphatic heterocycles. The molecule has 0 aliphatic rings. The summed E-state index contributed by atoms with van der Waals surface area (Å²) in [4.78, 5) is 0. The van der Waals surface area contributed by atoms with Gasteiger partial charge >= 0.3 is 0 Å². The molecule has 0 amide bonds. The predicted octanol–water partition coefficient (Wildman–Crippen LogP) is 2.91. The first-order valence-electron chi connectivity index (χ1n) is 6.36. The Morgan fingerprint density at radius 1 is 1.00 bits per heavy atom. The smallest absolute Gasteiger partial charge is 0.126 e. The van der Waals surface area contributed by atoms with Gasteiger partial charge in [0.1, 0.15) is 5.82 Å². The van der Waals surface area contributed by atoms with Crippen molar-refractivity contribution in [1.29, 1.82) is 0 Å². The Morgan fingerprint density at radius 3 is 2.42 bits per heavy atom. The van der Waals surface area contributed by atoms with Crippen molar-refractivity contribution in [2.24, 2.45) is 5.73 Å². The molecular weight excluding hydrogens is 241 g/mol. The lowest BCUT2D eigenvalue weighted by molar-refractivity contribution is 0.107. The van der Waals surface area contributed by atoms with Crippen LogP contribution in [0.5, 0.6) is 0 Å². The molecule has 2 aromatic carbocycles. The van der Waals surface area contributed by atoms with Gasteiger partial charge in [0, 0.05) is 6.04 Å². The van der Waals surface area contributed by atoms with Crippen molar-refractivity contribution < 1.29 is 9.13 Å². The van der Waals surface area contributed by atoms with Crippen LogP contribution >= 0.6 is 0 Å².